The zero-order valence-corrected chi connectivity index (χ0v) is 14.1. The summed E-state index contributed by atoms with van der Waals surface area (Å²) in [7, 11) is 0. The maximum Gasteiger partial charge on any atom is 0.241 e. The Bertz CT molecular complexity index is 502. The first-order chi connectivity index (χ1) is 9.03. The van der Waals surface area contributed by atoms with Crippen molar-refractivity contribution >= 4 is 11.6 Å². The Morgan fingerprint density at radius 1 is 0.800 bits per heavy atom. The van der Waals surface area contributed by atoms with Gasteiger partial charge in [0.1, 0.15) is 0 Å². The third kappa shape index (κ3) is 2.67. The number of hydrogen-bond acceptors (Lipinski definition) is 1. The van der Waals surface area contributed by atoms with Gasteiger partial charge in [0, 0.05) is 0 Å². The number of benzene rings is 1. The third-order valence-corrected chi connectivity index (χ3v) is 3.46. The summed E-state index contributed by atoms with van der Waals surface area (Å²) in [6.07, 6.45) is 0. The van der Waals surface area contributed by atoms with Crippen LogP contribution in [-0.4, -0.2) is 27.1 Å². The molecular weight excluding hydrogens is 246 g/mol. The monoisotopic (exact) mass is 273 g/mol. The van der Waals surface area contributed by atoms with Crippen molar-refractivity contribution in [3.63, 3.8) is 0 Å². The van der Waals surface area contributed by atoms with Gasteiger partial charge in [0.25, 0.3) is 0 Å². The minimum Gasteiger partial charge on any atom is -0.244 e. The molecule has 20 heavy (non-hydrogen) atoms. The van der Waals surface area contributed by atoms with Crippen LogP contribution in [0.15, 0.2) is 23.2 Å². The Labute approximate surface area is 123 Å². The molecule has 1 heterocycles. The predicted molar refractivity (Wildman–Crippen MR) is 86.2 cm³/mol. The van der Waals surface area contributed by atoms with Gasteiger partial charge < -0.3 is 0 Å². The van der Waals surface area contributed by atoms with Crippen molar-refractivity contribution in [1.82, 2.24) is 10.0 Å². The van der Waals surface area contributed by atoms with Crippen molar-refractivity contribution in [1.29, 1.82) is 0 Å². The fraction of sp³-hybridized carbons (Fsp3) is 0.588. The highest BCUT2D eigenvalue weighted by Crippen LogP contribution is 2.39. The number of aliphatic imine (C=N–C) groups is 1. The zero-order valence-electron chi connectivity index (χ0n) is 14.1. The molecular formula is C17H27N3. The summed E-state index contributed by atoms with van der Waals surface area (Å²) < 4.78 is 0. The van der Waals surface area contributed by atoms with E-state index in [2.05, 4.69) is 83.6 Å². The van der Waals surface area contributed by atoms with Crippen molar-refractivity contribution in [3.05, 3.63) is 29.3 Å². The van der Waals surface area contributed by atoms with E-state index in [1.165, 1.54) is 11.1 Å². The number of nitrogens with zero attached hydrogens (tertiary/aromatic N) is 3. The molecule has 110 valence electrons. The first kappa shape index (κ1) is 14.9. The molecule has 2 rings (SSSR count). The van der Waals surface area contributed by atoms with Crippen LogP contribution in [0.25, 0.3) is 0 Å². The molecule has 0 aromatic heterocycles. The number of rotatable bonds is 1. The minimum atomic E-state index is 0.0582. The lowest BCUT2D eigenvalue weighted by Crippen LogP contribution is -2.36. The van der Waals surface area contributed by atoms with E-state index in [4.69, 9.17) is 4.99 Å². The molecule has 1 saturated heterocycles. The van der Waals surface area contributed by atoms with Crippen LogP contribution >= 0.6 is 0 Å². The van der Waals surface area contributed by atoms with Gasteiger partial charge in [0.15, 0.2) is 0 Å². The summed E-state index contributed by atoms with van der Waals surface area (Å²) >= 11 is 0. The van der Waals surface area contributed by atoms with Gasteiger partial charge in [0.2, 0.25) is 5.96 Å². The number of aryl methyl sites for hydroxylation is 2. The van der Waals surface area contributed by atoms with Gasteiger partial charge in [-0.05, 0) is 66.5 Å². The van der Waals surface area contributed by atoms with Gasteiger partial charge >= 0.3 is 0 Å². The molecule has 0 unspecified atom stereocenters. The summed E-state index contributed by atoms with van der Waals surface area (Å²) in [4.78, 5) is 4.93. The summed E-state index contributed by atoms with van der Waals surface area (Å²) in [5.41, 5.74) is 3.67. The summed E-state index contributed by atoms with van der Waals surface area (Å²) in [5.74, 6) is 1.07. The second-order valence-electron chi connectivity index (χ2n) is 7.62. The van der Waals surface area contributed by atoms with Crippen molar-refractivity contribution in [2.45, 2.75) is 66.5 Å². The van der Waals surface area contributed by atoms with E-state index in [1.54, 1.807) is 0 Å². The summed E-state index contributed by atoms with van der Waals surface area (Å²) in [5, 5.41) is 4.58. The normalized spacial score (nSPS) is 15.7. The Morgan fingerprint density at radius 2 is 1.20 bits per heavy atom. The van der Waals surface area contributed by atoms with Crippen LogP contribution in [0.3, 0.4) is 0 Å². The van der Waals surface area contributed by atoms with Crippen molar-refractivity contribution in [2.24, 2.45) is 4.99 Å². The third-order valence-electron chi connectivity index (χ3n) is 3.46. The summed E-state index contributed by atoms with van der Waals surface area (Å²) in [6.45, 7) is 17.6. The van der Waals surface area contributed by atoms with Crippen LogP contribution in [0.5, 0.6) is 0 Å². The topological polar surface area (TPSA) is 18.4 Å². The van der Waals surface area contributed by atoms with Gasteiger partial charge in [0.05, 0.1) is 16.8 Å². The Kier molecular flexibility index (Phi) is 3.35. The van der Waals surface area contributed by atoms with Crippen molar-refractivity contribution in [2.75, 3.05) is 0 Å². The first-order valence-corrected chi connectivity index (χ1v) is 7.29. The molecule has 1 aliphatic heterocycles. The number of hydrogen-bond donors (Lipinski definition) is 0. The smallest absolute Gasteiger partial charge is 0.241 e. The van der Waals surface area contributed by atoms with E-state index in [-0.39, 0.29) is 11.1 Å². The average molecular weight is 273 g/mol. The molecule has 3 nitrogen and oxygen atoms in total. The highest BCUT2D eigenvalue weighted by molar-refractivity contribution is 5.95. The van der Waals surface area contributed by atoms with Gasteiger partial charge in [-0.25, -0.2) is 15.0 Å². The van der Waals surface area contributed by atoms with Crippen LogP contribution in [0.4, 0.5) is 5.69 Å². The lowest BCUT2D eigenvalue weighted by Gasteiger charge is -2.27. The molecule has 0 aliphatic carbocycles. The first-order valence-electron chi connectivity index (χ1n) is 7.29. The fourth-order valence-corrected chi connectivity index (χ4v) is 2.51. The van der Waals surface area contributed by atoms with E-state index in [1.807, 2.05) is 0 Å². The predicted octanol–water partition coefficient (Wildman–Crippen LogP) is 4.42. The van der Waals surface area contributed by atoms with Gasteiger partial charge in [-0.15, -0.1) is 0 Å². The molecule has 0 bridgehead atoms. The molecule has 1 aliphatic rings. The lowest BCUT2D eigenvalue weighted by molar-refractivity contribution is 0.110. The fourth-order valence-electron chi connectivity index (χ4n) is 2.51. The summed E-state index contributed by atoms with van der Waals surface area (Å²) in [6, 6.07) is 6.33. The van der Waals surface area contributed by atoms with Gasteiger partial charge in [-0.1, -0.05) is 18.2 Å². The van der Waals surface area contributed by atoms with Crippen molar-refractivity contribution in [3.8, 4) is 0 Å². The molecule has 1 aromatic rings. The van der Waals surface area contributed by atoms with E-state index in [9.17, 15) is 0 Å². The van der Waals surface area contributed by atoms with E-state index >= 15 is 0 Å². The van der Waals surface area contributed by atoms with Crippen molar-refractivity contribution < 1.29 is 0 Å². The standard InChI is InChI=1S/C17H27N3/c1-12-10-9-11-13(2)14(12)18-15-19(16(3,4)5)20(15)17(6,7)8/h9-11H,1-8H3. The van der Waals surface area contributed by atoms with E-state index < -0.39 is 0 Å². The highest BCUT2D eigenvalue weighted by atomic mass is 15.9. The Hall–Kier alpha value is -1.51. The molecule has 0 N–H and O–H groups in total. The Balaban J connectivity index is 2.44. The molecule has 0 amide bonds. The molecule has 0 radical (unpaired) electrons. The maximum atomic E-state index is 4.93. The number of para-hydroxylation sites is 1. The number of hydrazine groups is 1. The number of guanidine groups is 1. The van der Waals surface area contributed by atoms with E-state index in [0.717, 1.165) is 11.6 Å². The molecule has 1 aromatic carbocycles. The second kappa shape index (κ2) is 4.51. The average Bonchev–Trinajstić information content (AvgIpc) is 2.97. The maximum absolute atomic E-state index is 4.93. The van der Waals surface area contributed by atoms with Crippen LogP contribution < -0.4 is 0 Å². The highest BCUT2D eigenvalue weighted by Gasteiger charge is 2.52. The largest absolute Gasteiger partial charge is 0.244 e. The molecule has 1 fully saturated rings. The van der Waals surface area contributed by atoms with E-state index in [0.29, 0.717) is 0 Å². The lowest BCUT2D eigenvalue weighted by atomic mass is 10.1. The van der Waals surface area contributed by atoms with Gasteiger partial charge in [-0.3, -0.25) is 0 Å². The quantitative estimate of drug-likeness (QED) is 0.705. The van der Waals surface area contributed by atoms with Crippen LogP contribution in [0.2, 0.25) is 0 Å². The Morgan fingerprint density at radius 3 is 1.55 bits per heavy atom. The van der Waals surface area contributed by atoms with Crippen LogP contribution in [0.1, 0.15) is 52.7 Å². The molecule has 0 spiro atoms. The molecule has 3 heteroatoms. The zero-order chi connectivity index (χ0) is 15.3. The van der Waals surface area contributed by atoms with Crippen LogP contribution in [-0.2, 0) is 0 Å². The second-order valence-corrected chi connectivity index (χ2v) is 7.62. The van der Waals surface area contributed by atoms with Gasteiger partial charge in [-0.2, -0.15) is 0 Å². The van der Waals surface area contributed by atoms with Crippen LogP contribution in [0, 0.1) is 13.8 Å². The molecule has 0 saturated carbocycles. The minimum absolute atomic E-state index is 0.0582. The molecule has 0 atom stereocenters. The SMILES string of the molecule is Cc1cccc(C)c1N=C1N(C(C)(C)C)N1C(C)(C)C.